The molecule has 5 nitrogen and oxygen atoms in total. The van der Waals surface area contributed by atoms with Gasteiger partial charge in [-0.25, -0.2) is 13.4 Å². The summed E-state index contributed by atoms with van der Waals surface area (Å²) in [5.74, 6) is 0.596. The molecular weight excluding hydrogens is 252 g/mol. The third kappa shape index (κ3) is 2.28. The molecule has 0 amide bonds. The Bertz CT molecular complexity index is 634. The number of methoxy groups -OCH3 is 1. The monoisotopic (exact) mass is 264 g/mol. The molecule has 0 saturated heterocycles. The standard InChI is InChI=1S/C12H12N2O3S/c1-17-10-3-5-11(6-4-10)18(15,16)12-7-2-9(13)8-14-12/h2-8H,13H2,1H3. The van der Waals surface area contributed by atoms with Crippen LogP contribution in [0.3, 0.4) is 0 Å². The summed E-state index contributed by atoms with van der Waals surface area (Å²) in [4.78, 5) is 3.99. The van der Waals surface area contributed by atoms with Gasteiger partial charge in [0.05, 0.1) is 23.9 Å². The normalized spacial score (nSPS) is 11.2. The number of aromatic nitrogens is 1. The van der Waals surface area contributed by atoms with Crippen LogP contribution in [0.5, 0.6) is 5.75 Å². The number of rotatable bonds is 3. The Morgan fingerprint density at radius 3 is 2.28 bits per heavy atom. The molecule has 0 aliphatic heterocycles. The number of nitrogens with two attached hydrogens (primary N) is 1. The van der Waals surface area contributed by atoms with E-state index >= 15 is 0 Å². The number of nitrogen functional groups attached to an aromatic ring is 1. The van der Waals surface area contributed by atoms with Gasteiger partial charge in [0.15, 0.2) is 5.03 Å². The van der Waals surface area contributed by atoms with Gasteiger partial charge < -0.3 is 10.5 Å². The van der Waals surface area contributed by atoms with Gasteiger partial charge >= 0.3 is 0 Å². The molecule has 2 rings (SSSR count). The molecule has 0 atom stereocenters. The van der Waals surface area contributed by atoms with Gasteiger partial charge in [0.25, 0.3) is 0 Å². The molecule has 0 bridgehead atoms. The lowest BCUT2D eigenvalue weighted by Crippen LogP contribution is -2.04. The summed E-state index contributed by atoms with van der Waals surface area (Å²) < 4.78 is 29.4. The maximum absolute atomic E-state index is 12.2. The maximum Gasteiger partial charge on any atom is 0.223 e. The summed E-state index contributed by atoms with van der Waals surface area (Å²) in [6, 6.07) is 9.02. The van der Waals surface area contributed by atoms with Crippen LogP contribution in [0.1, 0.15) is 0 Å². The van der Waals surface area contributed by atoms with Gasteiger partial charge in [0, 0.05) is 0 Å². The lowest BCUT2D eigenvalue weighted by molar-refractivity contribution is 0.414. The number of sulfone groups is 1. The summed E-state index contributed by atoms with van der Waals surface area (Å²) in [6.07, 6.45) is 1.32. The summed E-state index contributed by atoms with van der Waals surface area (Å²) in [5.41, 5.74) is 5.89. The van der Waals surface area contributed by atoms with E-state index in [2.05, 4.69) is 4.98 Å². The third-order valence-corrected chi connectivity index (χ3v) is 4.09. The highest BCUT2D eigenvalue weighted by Gasteiger charge is 2.18. The molecule has 0 unspecified atom stereocenters. The van der Waals surface area contributed by atoms with Crippen LogP contribution in [0.4, 0.5) is 5.69 Å². The van der Waals surface area contributed by atoms with Crippen molar-refractivity contribution in [1.29, 1.82) is 0 Å². The number of ether oxygens (including phenoxy) is 1. The highest BCUT2D eigenvalue weighted by atomic mass is 32.2. The summed E-state index contributed by atoms with van der Waals surface area (Å²) in [6.45, 7) is 0. The zero-order chi connectivity index (χ0) is 13.2. The first-order valence-corrected chi connectivity index (χ1v) is 6.63. The van der Waals surface area contributed by atoms with Crippen molar-refractivity contribution in [2.24, 2.45) is 0 Å². The average molecular weight is 264 g/mol. The zero-order valence-corrected chi connectivity index (χ0v) is 10.5. The van der Waals surface area contributed by atoms with E-state index in [0.717, 1.165) is 0 Å². The van der Waals surface area contributed by atoms with Crippen LogP contribution >= 0.6 is 0 Å². The van der Waals surface area contributed by atoms with Crippen molar-refractivity contribution in [3.05, 3.63) is 42.6 Å². The van der Waals surface area contributed by atoms with Crippen molar-refractivity contribution in [3.63, 3.8) is 0 Å². The molecule has 6 heteroatoms. The molecule has 0 spiro atoms. The number of nitrogens with zero attached hydrogens (tertiary/aromatic N) is 1. The number of benzene rings is 1. The van der Waals surface area contributed by atoms with Gasteiger partial charge in [-0.15, -0.1) is 0 Å². The fourth-order valence-corrected chi connectivity index (χ4v) is 2.60. The molecule has 1 aromatic carbocycles. The van der Waals surface area contributed by atoms with Crippen molar-refractivity contribution in [2.75, 3.05) is 12.8 Å². The van der Waals surface area contributed by atoms with E-state index in [1.165, 1.54) is 37.6 Å². The SMILES string of the molecule is COc1ccc(S(=O)(=O)c2ccc(N)cn2)cc1. The molecule has 1 aromatic heterocycles. The van der Waals surface area contributed by atoms with Crippen molar-refractivity contribution < 1.29 is 13.2 Å². The number of pyridine rings is 1. The summed E-state index contributed by atoms with van der Waals surface area (Å²) >= 11 is 0. The van der Waals surface area contributed by atoms with Gasteiger partial charge in [-0.1, -0.05) is 0 Å². The first-order valence-electron chi connectivity index (χ1n) is 5.15. The first kappa shape index (κ1) is 12.4. The minimum absolute atomic E-state index is 0.0260. The van der Waals surface area contributed by atoms with Gasteiger partial charge in [0.1, 0.15) is 5.75 Å². The molecule has 2 aromatic rings. The van der Waals surface area contributed by atoms with Crippen LogP contribution < -0.4 is 10.5 Å². The lowest BCUT2D eigenvalue weighted by Gasteiger charge is -2.05. The van der Waals surface area contributed by atoms with Crippen molar-refractivity contribution in [2.45, 2.75) is 9.92 Å². The predicted octanol–water partition coefficient (Wildman–Crippen LogP) is 1.51. The second kappa shape index (κ2) is 4.66. The van der Waals surface area contributed by atoms with Crippen LogP contribution in [0, 0.1) is 0 Å². The van der Waals surface area contributed by atoms with Gasteiger partial charge in [-0.2, -0.15) is 0 Å². The Kier molecular flexibility index (Phi) is 3.20. The van der Waals surface area contributed by atoms with Gasteiger partial charge in [-0.3, -0.25) is 0 Å². The molecular formula is C12H12N2O3S. The van der Waals surface area contributed by atoms with Crippen LogP contribution in [-0.2, 0) is 9.84 Å². The topological polar surface area (TPSA) is 82.3 Å². The number of anilines is 1. The van der Waals surface area contributed by atoms with E-state index in [4.69, 9.17) is 10.5 Å². The molecule has 94 valence electrons. The molecule has 2 N–H and O–H groups in total. The smallest absolute Gasteiger partial charge is 0.223 e. The van der Waals surface area contributed by atoms with Gasteiger partial charge in [-0.05, 0) is 36.4 Å². The van der Waals surface area contributed by atoms with Gasteiger partial charge in [0.2, 0.25) is 9.84 Å². The van der Waals surface area contributed by atoms with Crippen molar-refractivity contribution in [1.82, 2.24) is 4.98 Å². The quantitative estimate of drug-likeness (QED) is 0.908. The molecule has 0 aliphatic rings. The molecule has 0 aliphatic carbocycles. The Labute approximate surface area is 105 Å². The van der Waals surface area contributed by atoms with E-state index < -0.39 is 9.84 Å². The van der Waals surface area contributed by atoms with Crippen LogP contribution in [0.15, 0.2) is 52.5 Å². The molecule has 1 heterocycles. The lowest BCUT2D eigenvalue weighted by atomic mass is 10.3. The molecule has 18 heavy (non-hydrogen) atoms. The second-order valence-electron chi connectivity index (χ2n) is 3.61. The Morgan fingerprint density at radius 1 is 1.11 bits per heavy atom. The molecule has 0 radical (unpaired) electrons. The van der Waals surface area contributed by atoms with Crippen LogP contribution in [-0.4, -0.2) is 20.5 Å². The fourth-order valence-electron chi connectivity index (χ4n) is 1.43. The van der Waals surface area contributed by atoms with E-state index in [0.29, 0.717) is 11.4 Å². The second-order valence-corrected chi connectivity index (χ2v) is 5.51. The summed E-state index contributed by atoms with van der Waals surface area (Å²) in [7, 11) is -2.08. The fraction of sp³-hybridized carbons (Fsp3) is 0.0833. The Balaban J connectivity index is 2.44. The van der Waals surface area contributed by atoms with E-state index in [9.17, 15) is 8.42 Å². The minimum Gasteiger partial charge on any atom is -0.497 e. The van der Waals surface area contributed by atoms with Crippen LogP contribution in [0.25, 0.3) is 0 Å². The first-order chi connectivity index (χ1) is 8.54. The van der Waals surface area contributed by atoms with Crippen molar-refractivity contribution in [3.8, 4) is 5.75 Å². The van der Waals surface area contributed by atoms with E-state index in [1.54, 1.807) is 12.1 Å². The highest BCUT2D eigenvalue weighted by Crippen LogP contribution is 2.21. The zero-order valence-electron chi connectivity index (χ0n) is 9.70. The Morgan fingerprint density at radius 2 is 1.78 bits per heavy atom. The largest absolute Gasteiger partial charge is 0.497 e. The average Bonchev–Trinajstić information content (AvgIpc) is 2.39. The van der Waals surface area contributed by atoms with Crippen LogP contribution in [0.2, 0.25) is 0 Å². The van der Waals surface area contributed by atoms with E-state index in [-0.39, 0.29) is 9.92 Å². The predicted molar refractivity (Wildman–Crippen MR) is 67.1 cm³/mol. The van der Waals surface area contributed by atoms with E-state index in [1.807, 2.05) is 0 Å². The maximum atomic E-state index is 12.2. The molecule has 0 saturated carbocycles. The third-order valence-electron chi connectivity index (χ3n) is 2.40. The van der Waals surface area contributed by atoms with Crippen molar-refractivity contribution >= 4 is 15.5 Å². The number of hydrogen-bond donors (Lipinski definition) is 1. The minimum atomic E-state index is -3.60. The summed E-state index contributed by atoms with van der Waals surface area (Å²) in [5, 5.41) is -0.0260. The Hall–Kier alpha value is -2.08. The number of hydrogen-bond acceptors (Lipinski definition) is 5. The molecule has 0 fully saturated rings. The highest BCUT2D eigenvalue weighted by molar-refractivity contribution is 7.91.